The number of nitrogens with zero attached hydrogens (tertiary/aromatic N) is 3. The van der Waals surface area contributed by atoms with Crippen LogP contribution >= 0.6 is 0 Å². The maximum absolute atomic E-state index is 9.21. The minimum Gasteiger partial charge on any atom is -0.396 e. The zero-order valence-corrected chi connectivity index (χ0v) is 9.63. The van der Waals surface area contributed by atoms with E-state index in [1.165, 1.54) is 6.42 Å². The van der Waals surface area contributed by atoms with E-state index in [9.17, 15) is 5.11 Å². The van der Waals surface area contributed by atoms with Crippen molar-refractivity contribution in [3.8, 4) is 6.07 Å². The minimum atomic E-state index is 0.255. The third kappa shape index (κ3) is 2.92. The van der Waals surface area contributed by atoms with Crippen LogP contribution < -0.4 is 5.32 Å². The van der Waals surface area contributed by atoms with Crippen molar-refractivity contribution in [2.24, 2.45) is 11.8 Å². The summed E-state index contributed by atoms with van der Waals surface area (Å²) in [4.78, 5) is 8.12. The SMILES string of the molecule is N#Cc1ccnc(NCC2CCCC2CO)n1. The summed E-state index contributed by atoms with van der Waals surface area (Å²) in [6.45, 7) is 1.02. The standard InChI is InChI=1S/C12H16N4O/c13-6-11-4-5-14-12(16-11)15-7-9-2-1-3-10(9)8-17/h4-5,9-10,17H,1-3,7-8H2,(H,14,15,16). The lowest BCUT2D eigenvalue weighted by Gasteiger charge is -2.17. The highest BCUT2D eigenvalue weighted by Crippen LogP contribution is 2.31. The van der Waals surface area contributed by atoms with Crippen LogP contribution in [0.5, 0.6) is 0 Å². The second-order valence-corrected chi connectivity index (χ2v) is 4.39. The van der Waals surface area contributed by atoms with E-state index >= 15 is 0 Å². The zero-order chi connectivity index (χ0) is 12.1. The molecule has 1 aliphatic carbocycles. The number of hydrogen-bond acceptors (Lipinski definition) is 5. The molecule has 1 heterocycles. The Bertz CT molecular complexity index is 415. The van der Waals surface area contributed by atoms with Crippen molar-refractivity contribution in [3.05, 3.63) is 18.0 Å². The van der Waals surface area contributed by atoms with Crippen molar-refractivity contribution in [3.63, 3.8) is 0 Å². The van der Waals surface area contributed by atoms with Crippen LogP contribution in [0.25, 0.3) is 0 Å². The number of aromatic nitrogens is 2. The fraction of sp³-hybridized carbons (Fsp3) is 0.583. The summed E-state index contributed by atoms with van der Waals surface area (Å²) in [6.07, 6.45) is 4.99. The molecular formula is C12H16N4O. The van der Waals surface area contributed by atoms with E-state index in [4.69, 9.17) is 5.26 Å². The van der Waals surface area contributed by atoms with Gasteiger partial charge in [-0.25, -0.2) is 9.97 Å². The quantitative estimate of drug-likeness (QED) is 0.814. The van der Waals surface area contributed by atoms with Crippen molar-refractivity contribution in [1.82, 2.24) is 9.97 Å². The van der Waals surface area contributed by atoms with Crippen LogP contribution in [0, 0.1) is 23.2 Å². The van der Waals surface area contributed by atoms with Gasteiger partial charge in [-0.1, -0.05) is 6.42 Å². The molecule has 5 heteroatoms. The molecule has 1 aromatic rings. The largest absolute Gasteiger partial charge is 0.396 e. The van der Waals surface area contributed by atoms with Crippen LogP contribution in [0.4, 0.5) is 5.95 Å². The Kier molecular flexibility index (Phi) is 3.89. The summed E-state index contributed by atoms with van der Waals surface area (Å²) in [7, 11) is 0. The van der Waals surface area contributed by atoms with Gasteiger partial charge in [0.25, 0.3) is 0 Å². The smallest absolute Gasteiger partial charge is 0.223 e. The molecule has 2 atom stereocenters. The number of rotatable bonds is 4. The van der Waals surface area contributed by atoms with Gasteiger partial charge in [0.15, 0.2) is 0 Å². The molecule has 1 aliphatic rings. The van der Waals surface area contributed by atoms with E-state index in [1.807, 2.05) is 6.07 Å². The summed E-state index contributed by atoms with van der Waals surface area (Å²) >= 11 is 0. The summed E-state index contributed by atoms with van der Waals surface area (Å²) in [5.74, 6) is 1.36. The Hall–Kier alpha value is -1.67. The zero-order valence-electron chi connectivity index (χ0n) is 9.63. The second-order valence-electron chi connectivity index (χ2n) is 4.39. The molecule has 0 amide bonds. The van der Waals surface area contributed by atoms with Crippen LogP contribution in [0.2, 0.25) is 0 Å². The van der Waals surface area contributed by atoms with E-state index in [1.54, 1.807) is 12.3 Å². The number of aliphatic hydroxyl groups is 1. The fourth-order valence-electron chi connectivity index (χ4n) is 2.35. The first-order valence-electron chi connectivity index (χ1n) is 5.91. The van der Waals surface area contributed by atoms with E-state index < -0.39 is 0 Å². The first-order valence-corrected chi connectivity index (χ1v) is 5.91. The van der Waals surface area contributed by atoms with Gasteiger partial charge in [-0.2, -0.15) is 5.26 Å². The third-order valence-corrected chi connectivity index (χ3v) is 3.34. The maximum Gasteiger partial charge on any atom is 0.223 e. The van der Waals surface area contributed by atoms with Crippen molar-refractivity contribution < 1.29 is 5.11 Å². The van der Waals surface area contributed by atoms with Crippen LogP contribution in [-0.2, 0) is 0 Å². The van der Waals surface area contributed by atoms with Gasteiger partial charge in [-0.15, -0.1) is 0 Å². The molecule has 0 aromatic carbocycles. The molecule has 0 radical (unpaired) electrons. The highest BCUT2D eigenvalue weighted by molar-refractivity contribution is 5.30. The van der Waals surface area contributed by atoms with Gasteiger partial charge in [0.05, 0.1) is 0 Å². The normalized spacial score (nSPS) is 23.3. The average molecular weight is 232 g/mol. The lowest BCUT2D eigenvalue weighted by atomic mass is 9.97. The molecule has 0 saturated heterocycles. The molecule has 5 nitrogen and oxygen atoms in total. The summed E-state index contributed by atoms with van der Waals surface area (Å²) in [6, 6.07) is 3.56. The summed E-state index contributed by atoms with van der Waals surface area (Å²) in [5, 5.41) is 21.1. The van der Waals surface area contributed by atoms with Gasteiger partial charge in [-0.05, 0) is 30.7 Å². The first kappa shape index (κ1) is 11.8. The summed E-state index contributed by atoms with van der Waals surface area (Å²) in [5.41, 5.74) is 0.368. The van der Waals surface area contributed by atoms with Crippen LogP contribution in [0.1, 0.15) is 25.0 Å². The Balaban J connectivity index is 1.91. The highest BCUT2D eigenvalue weighted by Gasteiger charge is 2.26. The minimum absolute atomic E-state index is 0.255. The number of nitriles is 1. The molecule has 17 heavy (non-hydrogen) atoms. The average Bonchev–Trinajstić information content (AvgIpc) is 2.84. The molecule has 0 aliphatic heterocycles. The molecule has 2 N–H and O–H groups in total. The Labute approximate surface area is 101 Å². The molecule has 0 spiro atoms. The molecule has 1 fully saturated rings. The fourth-order valence-corrected chi connectivity index (χ4v) is 2.35. The molecule has 90 valence electrons. The highest BCUT2D eigenvalue weighted by atomic mass is 16.3. The van der Waals surface area contributed by atoms with E-state index in [2.05, 4.69) is 15.3 Å². The molecule has 1 aromatic heterocycles. The molecule has 2 unspecified atom stereocenters. The third-order valence-electron chi connectivity index (χ3n) is 3.34. The van der Waals surface area contributed by atoms with Crippen molar-refractivity contribution in [1.29, 1.82) is 5.26 Å². The number of hydrogen-bond donors (Lipinski definition) is 2. The molecule has 1 saturated carbocycles. The Morgan fingerprint density at radius 1 is 1.47 bits per heavy atom. The van der Waals surface area contributed by atoms with Crippen molar-refractivity contribution in [2.45, 2.75) is 19.3 Å². The van der Waals surface area contributed by atoms with Crippen molar-refractivity contribution in [2.75, 3.05) is 18.5 Å². The van der Waals surface area contributed by atoms with E-state index in [0.29, 0.717) is 23.5 Å². The van der Waals surface area contributed by atoms with Gasteiger partial charge in [0, 0.05) is 19.3 Å². The monoisotopic (exact) mass is 232 g/mol. The molecular weight excluding hydrogens is 216 g/mol. The second kappa shape index (κ2) is 5.60. The van der Waals surface area contributed by atoms with E-state index in [0.717, 1.165) is 19.4 Å². The first-order chi connectivity index (χ1) is 8.33. The molecule has 2 rings (SSSR count). The van der Waals surface area contributed by atoms with Crippen molar-refractivity contribution >= 4 is 5.95 Å². The Morgan fingerprint density at radius 3 is 3.06 bits per heavy atom. The lowest BCUT2D eigenvalue weighted by Crippen LogP contribution is -2.21. The van der Waals surface area contributed by atoms with Gasteiger partial charge in [0.1, 0.15) is 11.8 Å². The number of anilines is 1. The topological polar surface area (TPSA) is 81.8 Å². The number of nitrogens with one attached hydrogen (secondary N) is 1. The maximum atomic E-state index is 9.21. The Morgan fingerprint density at radius 2 is 2.29 bits per heavy atom. The van der Waals surface area contributed by atoms with Crippen LogP contribution in [0.3, 0.4) is 0 Å². The van der Waals surface area contributed by atoms with Crippen LogP contribution in [0.15, 0.2) is 12.3 Å². The lowest BCUT2D eigenvalue weighted by molar-refractivity contribution is 0.199. The number of aliphatic hydroxyl groups excluding tert-OH is 1. The predicted molar refractivity (Wildman–Crippen MR) is 63.2 cm³/mol. The van der Waals surface area contributed by atoms with E-state index in [-0.39, 0.29) is 6.61 Å². The van der Waals surface area contributed by atoms with Gasteiger partial charge >= 0.3 is 0 Å². The van der Waals surface area contributed by atoms with Gasteiger partial charge in [0.2, 0.25) is 5.95 Å². The summed E-state index contributed by atoms with van der Waals surface area (Å²) < 4.78 is 0. The predicted octanol–water partition coefficient (Wildman–Crippen LogP) is 1.17. The van der Waals surface area contributed by atoms with Gasteiger partial charge in [-0.3, -0.25) is 0 Å². The van der Waals surface area contributed by atoms with Crippen LogP contribution in [-0.4, -0.2) is 28.2 Å². The van der Waals surface area contributed by atoms with Gasteiger partial charge < -0.3 is 10.4 Å². The molecule has 0 bridgehead atoms.